The normalized spacial score (nSPS) is 20.2. The van der Waals surface area contributed by atoms with E-state index in [2.05, 4.69) is 5.43 Å². The first-order valence-corrected chi connectivity index (χ1v) is 10.1. The molecule has 1 aromatic carbocycles. The first kappa shape index (κ1) is 17.7. The Labute approximate surface area is 135 Å². The minimum absolute atomic E-state index is 0.0659. The van der Waals surface area contributed by atoms with E-state index in [4.69, 9.17) is 4.74 Å². The predicted molar refractivity (Wildman–Crippen MR) is 83.0 cm³/mol. The zero-order valence-corrected chi connectivity index (χ0v) is 14.3. The fourth-order valence-corrected chi connectivity index (χ4v) is 5.11. The first-order chi connectivity index (χ1) is 10.6. The number of aryl methyl sites for hydroxylation is 1. The molecule has 0 aliphatic carbocycles. The molecule has 1 heterocycles. The topological polar surface area (TPSA) is 119 Å². The molecule has 2 N–H and O–H groups in total. The molecule has 0 bridgehead atoms. The van der Waals surface area contributed by atoms with Crippen molar-refractivity contribution in [2.45, 2.75) is 18.2 Å². The highest BCUT2D eigenvalue weighted by Gasteiger charge is 2.33. The number of hydrogen-bond donors (Lipinski definition) is 2. The summed E-state index contributed by atoms with van der Waals surface area (Å²) < 4.78 is 52.3. The zero-order chi connectivity index (χ0) is 17.3. The molecule has 1 aromatic rings. The van der Waals surface area contributed by atoms with Gasteiger partial charge in [-0.25, -0.2) is 16.8 Å². The van der Waals surface area contributed by atoms with Crippen LogP contribution in [0.15, 0.2) is 23.1 Å². The molecule has 1 aliphatic rings. The summed E-state index contributed by atoms with van der Waals surface area (Å²) in [5, 5.41) is 0. The van der Waals surface area contributed by atoms with Gasteiger partial charge in [0.15, 0.2) is 9.84 Å². The van der Waals surface area contributed by atoms with Gasteiger partial charge in [-0.2, -0.15) is 0 Å². The van der Waals surface area contributed by atoms with Crippen molar-refractivity contribution in [3.63, 3.8) is 0 Å². The maximum atomic E-state index is 12.3. The molecule has 1 fully saturated rings. The van der Waals surface area contributed by atoms with Crippen molar-refractivity contribution in [3.05, 3.63) is 23.8 Å². The smallest absolute Gasteiger partial charge is 0.261 e. The van der Waals surface area contributed by atoms with Gasteiger partial charge in [0.05, 0.1) is 24.5 Å². The lowest BCUT2D eigenvalue weighted by Crippen LogP contribution is -2.44. The predicted octanol–water partition coefficient (Wildman–Crippen LogP) is -0.252. The van der Waals surface area contributed by atoms with E-state index < -0.39 is 31.7 Å². The number of hydrogen-bond acceptors (Lipinski definition) is 6. The molecule has 128 valence electrons. The lowest BCUT2D eigenvalue weighted by Gasteiger charge is -2.13. The van der Waals surface area contributed by atoms with E-state index in [0.29, 0.717) is 5.56 Å². The van der Waals surface area contributed by atoms with Crippen LogP contribution in [0.2, 0.25) is 0 Å². The second-order valence-electron chi connectivity index (χ2n) is 5.35. The summed E-state index contributed by atoms with van der Waals surface area (Å²) in [6.07, 6.45) is 0.184. The quantitative estimate of drug-likeness (QED) is 0.697. The van der Waals surface area contributed by atoms with Crippen LogP contribution in [0, 0.1) is 12.8 Å². The van der Waals surface area contributed by atoms with Gasteiger partial charge in [0, 0.05) is 0 Å². The average molecular weight is 362 g/mol. The van der Waals surface area contributed by atoms with Crippen LogP contribution in [-0.4, -0.2) is 41.4 Å². The Bertz CT molecular complexity index is 817. The highest BCUT2D eigenvalue weighted by molar-refractivity contribution is 7.91. The number of sulfone groups is 1. The van der Waals surface area contributed by atoms with E-state index in [1.165, 1.54) is 19.2 Å². The Kier molecular flexibility index (Phi) is 4.97. The Balaban J connectivity index is 2.11. The molecule has 2 rings (SSSR count). The first-order valence-electron chi connectivity index (χ1n) is 6.81. The number of ether oxygens (including phenoxy) is 1. The lowest BCUT2D eigenvalue weighted by atomic mass is 10.1. The summed E-state index contributed by atoms with van der Waals surface area (Å²) in [4.78, 5) is 13.8. The molecular formula is C13H18N2O6S2. The van der Waals surface area contributed by atoms with Crippen molar-refractivity contribution >= 4 is 25.8 Å². The molecule has 0 radical (unpaired) electrons. The third-order valence-corrected chi connectivity index (χ3v) is 6.56. The summed E-state index contributed by atoms with van der Waals surface area (Å²) in [6.45, 7) is 1.72. The van der Waals surface area contributed by atoms with Gasteiger partial charge in [0.2, 0.25) is 5.91 Å². The van der Waals surface area contributed by atoms with Crippen LogP contribution >= 0.6 is 0 Å². The van der Waals surface area contributed by atoms with E-state index in [-0.39, 0.29) is 28.6 Å². The molecule has 0 saturated carbocycles. The van der Waals surface area contributed by atoms with Gasteiger partial charge in [-0.3, -0.25) is 10.2 Å². The molecule has 1 atom stereocenters. The summed E-state index contributed by atoms with van der Waals surface area (Å²) in [5.74, 6) is -1.61. The van der Waals surface area contributed by atoms with Crippen molar-refractivity contribution < 1.29 is 26.4 Å². The Morgan fingerprint density at radius 2 is 2.04 bits per heavy atom. The number of sulfonamides is 1. The molecule has 1 amide bonds. The standard InChI is InChI=1S/C13H18N2O6S2/c1-9-3-4-11(21-2)12(7-9)23(19,20)15-14-13(16)10-5-6-22(17,18)8-10/h3-4,7,10,15H,5-6,8H2,1-2H3,(H,14,16)/t10-/m1/s1. The summed E-state index contributed by atoms with van der Waals surface area (Å²) in [6, 6.07) is 4.61. The summed E-state index contributed by atoms with van der Waals surface area (Å²) in [5.41, 5.74) is 2.78. The van der Waals surface area contributed by atoms with Crippen LogP contribution in [0.3, 0.4) is 0 Å². The number of carbonyl (C=O) groups is 1. The number of amides is 1. The number of rotatable bonds is 5. The monoisotopic (exact) mass is 362 g/mol. The van der Waals surface area contributed by atoms with E-state index in [0.717, 1.165) is 0 Å². The SMILES string of the molecule is COc1ccc(C)cc1S(=O)(=O)NNC(=O)[C@@H]1CCS(=O)(=O)C1. The number of methoxy groups -OCH3 is 1. The Hall–Kier alpha value is -1.65. The van der Waals surface area contributed by atoms with Gasteiger partial charge < -0.3 is 4.74 Å². The van der Waals surface area contributed by atoms with Crippen molar-refractivity contribution in [1.29, 1.82) is 0 Å². The molecule has 1 saturated heterocycles. The van der Waals surface area contributed by atoms with Crippen LogP contribution in [0.25, 0.3) is 0 Å². The summed E-state index contributed by atoms with van der Waals surface area (Å²) >= 11 is 0. The highest BCUT2D eigenvalue weighted by Crippen LogP contribution is 2.24. The van der Waals surface area contributed by atoms with Gasteiger partial charge in [-0.05, 0) is 31.0 Å². The molecule has 10 heteroatoms. The van der Waals surface area contributed by atoms with Crippen LogP contribution in [-0.2, 0) is 24.7 Å². The fourth-order valence-electron chi connectivity index (χ4n) is 2.27. The molecular weight excluding hydrogens is 344 g/mol. The Morgan fingerprint density at radius 1 is 1.35 bits per heavy atom. The third kappa shape index (κ3) is 4.21. The van der Waals surface area contributed by atoms with E-state index in [9.17, 15) is 21.6 Å². The number of carbonyl (C=O) groups excluding carboxylic acids is 1. The maximum Gasteiger partial charge on any atom is 0.261 e. The van der Waals surface area contributed by atoms with Gasteiger partial charge in [-0.15, -0.1) is 4.83 Å². The number of nitrogens with one attached hydrogen (secondary N) is 2. The molecule has 1 aliphatic heterocycles. The molecule has 23 heavy (non-hydrogen) atoms. The zero-order valence-electron chi connectivity index (χ0n) is 12.7. The third-order valence-electron chi connectivity index (χ3n) is 3.52. The highest BCUT2D eigenvalue weighted by atomic mass is 32.2. The largest absolute Gasteiger partial charge is 0.495 e. The molecule has 0 aromatic heterocycles. The van der Waals surface area contributed by atoms with Crippen molar-refractivity contribution in [2.24, 2.45) is 5.92 Å². The van der Waals surface area contributed by atoms with Crippen molar-refractivity contribution in [2.75, 3.05) is 18.6 Å². The van der Waals surface area contributed by atoms with Crippen LogP contribution in [0.1, 0.15) is 12.0 Å². The van der Waals surface area contributed by atoms with Crippen LogP contribution in [0.5, 0.6) is 5.75 Å². The second-order valence-corrected chi connectivity index (χ2v) is 9.23. The van der Waals surface area contributed by atoms with Gasteiger partial charge >= 0.3 is 0 Å². The fraction of sp³-hybridized carbons (Fsp3) is 0.462. The van der Waals surface area contributed by atoms with Gasteiger partial charge in [0.1, 0.15) is 10.6 Å². The average Bonchev–Trinajstić information content (AvgIpc) is 2.85. The minimum atomic E-state index is -4.04. The van der Waals surface area contributed by atoms with Gasteiger partial charge in [-0.1, -0.05) is 6.07 Å². The van der Waals surface area contributed by atoms with Crippen LogP contribution < -0.4 is 15.0 Å². The van der Waals surface area contributed by atoms with Crippen molar-refractivity contribution in [1.82, 2.24) is 10.3 Å². The van der Waals surface area contributed by atoms with Crippen molar-refractivity contribution in [3.8, 4) is 5.75 Å². The lowest BCUT2D eigenvalue weighted by molar-refractivity contribution is -0.124. The second kappa shape index (κ2) is 6.46. The van der Waals surface area contributed by atoms with E-state index in [1.807, 2.05) is 4.83 Å². The molecule has 0 spiro atoms. The summed E-state index contributed by atoms with van der Waals surface area (Å²) in [7, 11) is -5.92. The molecule has 0 unspecified atom stereocenters. The van der Waals surface area contributed by atoms with E-state index >= 15 is 0 Å². The van der Waals surface area contributed by atoms with E-state index in [1.54, 1.807) is 13.0 Å². The maximum absolute atomic E-state index is 12.3. The van der Waals surface area contributed by atoms with Gasteiger partial charge in [0.25, 0.3) is 10.0 Å². The van der Waals surface area contributed by atoms with Crippen LogP contribution in [0.4, 0.5) is 0 Å². The molecule has 8 nitrogen and oxygen atoms in total. The number of hydrazine groups is 1. The Morgan fingerprint density at radius 3 is 2.61 bits per heavy atom. The minimum Gasteiger partial charge on any atom is -0.495 e. The number of benzene rings is 1.